The van der Waals surface area contributed by atoms with Gasteiger partial charge >= 0.3 is 0 Å². The molecule has 6 aromatic rings. The van der Waals surface area contributed by atoms with Gasteiger partial charge in [0.05, 0.1) is 0 Å². The highest BCUT2D eigenvalue weighted by atomic mass is 16.3. The van der Waals surface area contributed by atoms with E-state index in [1.165, 1.54) is 75.3 Å². The maximum atomic E-state index is 11.7. The lowest BCUT2D eigenvalue weighted by atomic mass is 9.84. The summed E-state index contributed by atoms with van der Waals surface area (Å²) in [6, 6.07) is 29.8. The van der Waals surface area contributed by atoms with Crippen molar-refractivity contribution in [2.24, 2.45) is 0 Å². The fourth-order valence-corrected chi connectivity index (χ4v) is 7.12. The maximum absolute atomic E-state index is 11.7. The van der Waals surface area contributed by atoms with E-state index in [1.807, 2.05) is 24.3 Å². The van der Waals surface area contributed by atoms with E-state index < -0.39 is 0 Å². The molecule has 0 saturated heterocycles. The fourth-order valence-electron chi connectivity index (χ4n) is 7.12. The second kappa shape index (κ2) is 13.7. The molecule has 0 aliphatic rings. The Kier molecular flexibility index (Phi) is 9.36. The summed E-state index contributed by atoms with van der Waals surface area (Å²) < 4.78 is 0. The van der Waals surface area contributed by atoms with Gasteiger partial charge < -0.3 is 10.2 Å². The summed E-state index contributed by atoms with van der Waals surface area (Å²) >= 11 is 0. The lowest BCUT2D eigenvalue weighted by molar-refractivity contribution is 0.487. The van der Waals surface area contributed by atoms with Gasteiger partial charge in [-0.3, -0.25) is 0 Å². The molecule has 6 aromatic carbocycles. The van der Waals surface area contributed by atoms with Crippen LogP contribution in [0, 0.1) is 0 Å². The molecular formula is C42H46O2. The van der Waals surface area contributed by atoms with Crippen molar-refractivity contribution in [1.29, 1.82) is 0 Å². The summed E-state index contributed by atoms with van der Waals surface area (Å²) in [6.07, 6.45) is 14.5. The lowest BCUT2D eigenvalue weighted by Crippen LogP contribution is -1.94. The van der Waals surface area contributed by atoms with Crippen molar-refractivity contribution in [1.82, 2.24) is 0 Å². The van der Waals surface area contributed by atoms with Crippen LogP contribution in [-0.2, 0) is 12.8 Å². The number of aromatic hydroxyl groups is 2. The molecule has 0 atom stereocenters. The highest BCUT2D eigenvalue weighted by Crippen LogP contribution is 2.49. The lowest BCUT2D eigenvalue weighted by Gasteiger charge is -2.20. The van der Waals surface area contributed by atoms with Gasteiger partial charge in [0.25, 0.3) is 0 Å². The van der Waals surface area contributed by atoms with Crippen LogP contribution in [-0.4, -0.2) is 10.2 Å². The molecule has 0 aliphatic carbocycles. The van der Waals surface area contributed by atoms with Crippen molar-refractivity contribution >= 4 is 43.1 Å². The molecule has 0 radical (unpaired) electrons. The average Bonchev–Trinajstić information content (AvgIpc) is 3.06. The Morgan fingerprint density at radius 2 is 0.750 bits per heavy atom. The number of fused-ring (bicyclic) bond motifs is 4. The predicted molar refractivity (Wildman–Crippen MR) is 190 cm³/mol. The molecule has 44 heavy (non-hydrogen) atoms. The quantitative estimate of drug-likeness (QED) is 0.105. The summed E-state index contributed by atoms with van der Waals surface area (Å²) in [7, 11) is 0. The second-order valence-electron chi connectivity index (χ2n) is 12.6. The molecule has 2 heteroatoms. The molecule has 2 N–H and O–H groups in total. The van der Waals surface area contributed by atoms with E-state index in [-0.39, 0.29) is 0 Å². The first kappa shape index (κ1) is 30.0. The van der Waals surface area contributed by atoms with Crippen molar-refractivity contribution in [2.45, 2.75) is 90.9 Å². The minimum atomic E-state index is 0.352. The van der Waals surface area contributed by atoms with E-state index in [9.17, 15) is 10.2 Å². The van der Waals surface area contributed by atoms with Crippen molar-refractivity contribution in [2.75, 3.05) is 0 Å². The van der Waals surface area contributed by atoms with Gasteiger partial charge in [0.2, 0.25) is 0 Å². The van der Waals surface area contributed by atoms with Crippen LogP contribution >= 0.6 is 0 Å². The Morgan fingerprint density at radius 1 is 0.386 bits per heavy atom. The molecule has 0 amide bonds. The molecule has 0 saturated carbocycles. The Hall–Kier alpha value is -4.04. The minimum Gasteiger partial charge on any atom is -0.507 e. The number of unbranched alkanes of at least 4 members (excludes halogenated alkanes) is 8. The van der Waals surface area contributed by atoms with E-state index in [4.69, 9.17) is 0 Å². The van der Waals surface area contributed by atoms with Crippen LogP contribution in [0.4, 0.5) is 0 Å². The highest BCUT2D eigenvalue weighted by molar-refractivity contribution is 6.26. The van der Waals surface area contributed by atoms with Gasteiger partial charge in [0.1, 0.15) is 11.5 Å². The van der Waals surface area contributed by atoms with E-state index in [0.29, 0.717) is 11.5 Å². The zero-order valence-corrected chi connectivity index (χ0v) is 26.5. The molecule has 226 valence electrons. The van der Waals surface area contributed by atoms with Gasteiger partial charge in [-0.2, -0.15) is 0 Å². The van der Waals surface area contributed by atoms with Crippen LogP contribution in [0.3, 0.4) is 0 Å². The Balaban J connectivity index is 1.55. The van der Waals surface area contributed by atoms with Gasteiger partial charge in [0, 0.05) is 21.5 Å². The second-order valence-corrected chi connectivity index (χ2v) is 12.6. The zero-order valence-electron chi connectivity index (χ0n) is 26.5. The molecule has 0 heterocycles. The number of benzene rings is 6. The van der Waals surface area contributed by atoms with Crippen LogP contribution in [0.2, 0.25) is 0 Å². The van der Waals surface area contributed by atoms with Crippen molar-refractivity contribution < 1.29 is 10.2 Å². The first-order valence-electron chi connectivity index (χ1n) is 16.9. The summed E-state index contributed by atoms with van der Waals surface area (Å²) in [6.45, 7) is 4.51. The average molecular weight is 583 g/mol. The monoisotopic (exact) mass is 582 g/mol. The Morgan fingerprint density at radius 3 is 1.16 bits per heavy atom. The van der Waals surface area contributed by atoms with Gasteiger partial charge in [-0.1, -0.05) is 138 Å². The number of rotatable bonds is 13. The summed E-state index contributed by atoms with van der Waals surface area (Å²) in [5.41, 5.74) is 4.79. The third-order valence-electron chi connectivity index (χ3n) is 9.51. The molecule has 0 bridgehead atoms. The number of hydrogen-bond donors (Lipinski definition) is 2. The highest BCUT2D eigenvalue weighted by Gasteiger charge is 2.21. The predicted octanol–water partition coefficient (Wildman–Crippen LogP) is 12.4. The summed E-state index contributed by atoms with van der Waals surface area (Å²) in [4.78, 5) is 0. The largest absolute Gasteiger partial charge is 0.507 e. The Labute approximate surface area is 262 Å². The first-order valence-corrected chi connectivity index (χ1v) is 16.9. The van der Waals surface area contributed by atoms with E-state index in [1.54, 1.807) is 0 Å². The molecule has 0 fully saturated rings. The smallest absolute Gasteiger partial charge is 0.131 e. The van der Waals surface area contributed by atoms with Crippen LogP contribution in [0.1, 0.15) is 89.2 Å². The third kappa shape index (κ3) is 5.87. The first-order chi connectivity index (χ1) is 21.6. The van der Waals surface area contributed by atoms with Crippen molar-refractivity contribution in [3.63, 3.8) is 0 Å². The zero-order chi connectivity index (χ0) is 30.5. The van der Waals surface area contributed by atoms with Crippen LogP contribution < -0.4 is 0 Å². The molecular weight excluding hydrogens is 536 g/mol. The van der Waals surface area contributed by atoms with Gasteiger partial charge in [-0.05, 0) is 81.6 Å². The number of aryl methyl sites for hydroxylation is 2. The standard InChI is InChI=1S/C42H46O2/c1-3-5-7-9-11-17-29-23-25-33-37(27-29)41(43)35-21-15-13-19-31(35)39(33)40-32-20-14-16-22-36(32)42(44)38-28-30(24-26-34(38)40)18-12-10-8-6-4-2/h13-16,19-28,43-44H,3-12,17-18H2,1-2H3. The number of phenols is 2. The topological polar surface area (TPSA) is 40.5 Å². The normalized spacial score (nSPS) is 11.8. The fraction of sp³-hybridized carbons (Fsp3) is 0.333. The van der Waals surface area contributed by atoms with Crippen molar-refractivity contribution in [3.05, 3.63) is 96.1 Å². The summed E-state index contributed by atoms with van der Waals surface area (Å²) in [5.74, 6) is 0.704. The number of hydrogen-bond acceptors (Lipinski definition) is 2. The molecule has 0 unspecified atom stereocenters. The van der Waals surface area contributed by atoms with Crippen LogP contribution in [0.25, 0.3) is 54.2 Å². The van der Waals surface area contributed by atoms with Crippen molar-refractivity contribution in [3.8, 4) is 22.6 Å². The minimum absolute atomic E-state index is 0.352. The van der Waals surface area contributed by atoms with E-state index in [2.05, 4.69) is 74.5 Å². The maximum Gasteiger partial charge on any atom is 0.131 e. The van der Waals surface area contributed by atoms with Crippen LogP contribution in [0.5, 0.6) is 11.5 Å². The molecule has 0 aromatic heterocycles. The molecule has 0 spiro atoms. The SMILES string of the molecule is CCCCCCCc1ccc2c(-c3c4ccccc4c(O)c4cc(CCCCCCC)ccc34)c3ccccc3c(O)c2c1. The summed E-state index contributed by atoms with van der Waals surface area (Å²) in [5, 5.41) is 31.0. The van der Waals surface area contributed by atoms with E-state index in [0.717, 1.165) is 67.1 Å². The van der Waals surface area contributed by atoms with E-state index >= 15 is 0 Å². The molecule has 0 aliphatic heterocycles. The van der Waals surface area contributed by atoms with Gasteiger partial charge in [-0.25, -0.2) is 0 Å². The number of phenolic OH excluding ortho intramolecular Hbond substituents is 2. The van der Waals surface area contributed by atoms with Gasteiger partial charge in [-0.15, -0.1) is 0 Å². The van der Waals surface area contributed by atoms with Crippen LogP contribution in [0.15, 0.2) is 84.9 Å². The van der Waals surface area contributed by atoms with Gasteiger partial charge in [0.15, 0.2) is 0 Å². The molecule has 2 nitrogen and oxygen atoms in total. The third-order valence-corrected chi connectivity index (χ3v) is 9.51. The molecule has 6 rings (SSSR count). The Bertz CT molecular complexity index is 1770.